The molecule has 0 aliphatic heterocycles. The molecule has 0 saturated heterocycles. The summed E-state index contributed by atoms with van der Waals surface area (Å²) in [6.07, 6.45) is 0.396. The van der Waals surface area contributed by atoms with Crippen molar-refractivity contribution in [2.24, 2.45) is 0 Å². The average molecular weight is 515 g/mol. The van der Waals surface area contributed by atoms with E-state index in [2.05, 4.69) is 38.7 Å². The monoisotopic (exact) mass is 514 g/mol. The van der Waals surface area contributed by atoms with Gasteiger partial charge in [0.15, 0.2) is 0 Å². The molecular weight excluding hydrogens is 476 g/mol. The van der Waals surface area contributed by atoms with E-state index in [1.807, 2.05) is 55.5 Å². The standard InChI is InChI=1S/C16H22O4.C13H16O4/c1-5-15(18)20-11-13(17)10-19-14-8-6-12(7-9-14)16(2,3)4;1-3-13(15)17-9-11(14)8-16-12-6-4-10(2)5-7-12/h5-9,13,17H,1,10-11H2,2-4H3;3-7,11,14H,1,8-9H2,2H3. The highest BCUT2D eigenvalue weighted by Gasteiger charge is 2.13. The first-order chi connectivity index (χ1) is 17.4. The Hall–Kier alpha value is -3.62. The van der Waals surface area contributed by atoms with Crippen LogP contribution in [0.2, 0.25) is 0 Å². The number of ether oxygens (including phenoxy) is 4. The molecule has 2 aromatic carbocycles. The third-order valence-electron chi connectivity index (χ3n) is 4.80. The first-order valence-corrected chi connectivity index (χ1v) is 11.8. The lowest BCUT2D eigenvalue weighted by atomic mass is 9.87. The van der Waals surface area contributed by atoms with Crippen LogP contribution >= 0.6 is 0 Å². The van der Waals surface area contributed by atoms with Crippen molar-refractivity contribution in [1.82, 2.24) is 0 Å². The summed E-state index contributed by atoms with van der Waals surface area (Å²) in [5.74, 6) is 0.231. The number of aliphatic hydroxyl groups is 2. The van der Waals surface area contributed by atoms with Gasteiger partial charge in [-0.25, -0.2) is 9.59 Å². The minimum atomic E-state index is -0.860. The third kappa shape index (κ3) is 13.9. The van der Waals surface area contributed by atoms with Gasteiger partial charge in [-0.1, -0.05) is 63.8 Å². The van der Waals surface area contributed by atoms with Gasteiger partial charge < -0.3 is 29.2 Å². The van der Waals surface area contributed by atoms with Gasteiger partial charge in [0.2, 0.25) is 0 Å². The third-order valence-corrected chi connectivity index (χ3v) is 4.80. The first-order valence-electron chi connectivity index (χ1n) is 11.8. The van der Waals surface area contributed by atoms with Crippen LogP contribution in [0.5, 0.6) is 11.5 Å². The van der Waals surface area contributed by atoms with Crippen LogP contribution in [0.4, 0.5) is 0 Å². The lowest BCUT2D eigenvalue weighted by Crippen LogP contribution is -2.24. The Morgan fingerprint density at radius 1 is 0.757 bits per heavy atom. The summed E-state index contributed by atoms with van der Waals surface area (Å²) in [4.78, 5) is 21.6. The second-order valence-electron chi connectivity index (χ2n) is 9.19. The van der Waals surface area contributed by atoms with E-state index in [4.69, 9.17) is 14.2 Å². The van der Waals surface area contributed by atoms with Crippen LogP contribution in [0.1, 0.15) is 31.9 Å². The Kier molecular flexibility index (Phi) is 13.7. The lowest BCUT2D eigenvalue weighted by Gasteiger charge is -2.19. The molecule has 8 nitrogen and oxygen atoms in total. The van der Waals surface area contributed by atoms with Crippen molar-refractivity contribution < 1.29 is 38.7 Å². The Morgan fingerprint density at radius 2 is 1.14 bits per heavy atom. The number of rotatable bonds is 12. The summed E-state index contributed by atoms with van der Waals surface area (Å²) >= 11 is 0. The zero-order valence-electron chi connectivity index (χ0n) is 22.0. The summed E-state index contributed by atoms with van der Waals surface area (Å²) in [5.41, 5.74) is 2.44. The molecule has 2 unspecified atom stereocenters. The van der Waals surface area contributed by atoms with E-state index in [0.717, 1.165) is 17.7 Å². The molecule has 2 atom stereocenters. The van der Waals surface area contributed by atoms with Crippen LogP contribution < -0.4 is 9.47 Å². The minimum Gasteiger partial charge on any atom is -0.491 e. The van der Waals surface area contributed by atoms with Crippen LogP contribution in [0.15, 0.2) is 73.8 Å². The molecular formula is C29H38O8. The fraction of sp³-hybridized carbons (Fsp3) is 0.379. The number of carbonyl (C=O) groups excluding carboxylic acids is 2. The van der Waals surface area contributed by atoms with Gasteiger partial charge in [-0.2, -0.15) is 0 Å². The maximum Gasteiger partial charge on any atom is 0.330 e. The van der Waals surface area contributed by atoms with Crippen molar-refractivity contribution in [2.75, 3.05) is 26.4 Å². The fourth-order valence-electron chi connectivity index (χ4n) is 2.64. The molecule has 2 N–H and O–H groups in total. The highest BCUT2D eigenvalue weighted by molar-refractivity contribution is 5.81. The van der Waals surface area contributed by atoms with Gasteiger partial charge in [0, 0.05) is 12.2 Å². The molecule has 0 amide bonds. The summed E-state index contributed by atoms with van der Waals surface area (Å²) < 4.78 is 20.1. The second-order valence-corrected chi connectivity index (χ2v) is 9.19. The summed E-state index contributed by atoms with van der Waals surface area (Å²) in [5, 5.41) is 19.1. The largest absolute Gasteiger partial charge is 0.491 e. The molecule has 0 spiro atoms. The van der Waals surface area contributed by atoms with Crippen molar-refractivity contribution >= 4 is 11.9 Å². The normalized spacial score (nSPS) is 12.2. The van der Waals surface area contributed by atoms with Gasteiger partial charge in [-0.05, 0) is 42.2 Å². The Morgan fingerprint density at radius 3 is 1.49 bits per heavy atom. The summed E-state index contributed by atoms with van der Waals surface area (Å²) in [6, 6.07) is 15.2. The predicted molar refractivity (Wildman–Crippen MR) is 142 cm³/mol. The Labute approximate surface area is 219 Å². The van der Waals surface area contributed by atoms with Crippen LogP contribution in [-0.2, 0) is 24.5 Å². The number of aliphatic hydroxyl groups excluding tert-OH is 2. The van der Waals surface area contributed by atoms with E-state index in [-0.39, 0.29) is 31.8 Å². The van der Waals surface area contributed by atoms with Crippen molar-refractivity contribution in [3.63, 3.8) is 0 Å². The molecule has 0 radical (unpaired) electrons. The smallest absolute Gasteiger partial charge is 0.330 e. The molecule has 0 bridgehead atoms. The van der Waals surface area contributed by atoms with Gasteiger partial charge in [-0.15, -0.1) is 0 Å². The zero-order chi connectivity index (χ0) is 27.8. The van der Waals surface area contributed by atoms with E-state index in [9.17, 15) is 19.8 Å². The van der Waals surface area contributed by atoms with E-state index >= 15 is 0 Å². The van der Waals surface area contributed by atoms with E-state index in [1.54, 1.807) is 0 Å². The van der Waals surface area contributed by atoms with Crippen molar-refractivity contribution in [2.45, 2.75) is 45.3 Å². The van der Waals surface area contributed by atoms with Crippen molar-refractivity contribution in [3.05, 3.63) is 85.0 Å². The second kappa shape index (κ2) is 16.2. The summed E-state index contributed by atoms with van der Waals surface area (Å²) in [6.45, 7) is 14.9. The van der Waals surface area contributed by atoms with Crippen molar-refractivity contribution in [3.8, 4) is 11.5 Å². The number of aryl methyl sites for hydroxylation is 1. The predicted octanol–water partition coefficient (Wildman–Crippen LogP) is 3.92. The van der Waals surface area contributed by atoms with Gasteiger partial charge in [0.25, 0.3) is 0 Å². The number of hydrogen-bond donors (Lipinski definition) is 2. The van der Waals surface area contributed by atoms with Crippen LogP contribution in [0.3, 0.4) is 0 Å². The average Bonchev–Trinajstić information content (AvgIpc) is 2.88. The molecule has 0 saturated carbocycles. The number of benzene rings is 2. The molecule has 37 heavy (non-hydrogen) atoms. The van der Waals surface area contributed by atoms with E-state index in [1.165, 1.54) is 5.56 Å². The van der Waals surface area contributed by atoms with E-state index < -0.39 is 24.1 Å². The van der Waals surface area contributed by atoms with Crippen LogP contribution in [-0.4, -0.2) is 60.8 Å². The molecule has 8 heteroatoms. The maximum atomic E-state index is 10.8. The zero-order valence-corrected chi connectivity index (χ0v) is 22.0. The number of hydrogen-bond acceptors (Lipinski definition) is 8. The van der Waals surface area contributed by atoms with Crippen LogP contribution in [0.25, 0.3) is 0 Å². The summed E-state index contributed by atoms with van der Waals surface area (Å²) in [7, 11) is 0. The minimum absolute atomic E-state index is 0.0687. The van der Waals surface area contributed by atoms with Gasteiger partial charge >= 0.3 is 11.9 Å². The molecule has 0 aliphatic rings. The van der Waals surface area contributed by atoms with Crippen LogP contribution in [0, 0.1) is 6.92 Å². The topological polar surface area (TPSA) is 112 Å². The number of esters is 2. The van der Waals surface area contributed by atoms with Gasteiger partial charge in [0.1, 0.15) is 50.1 Å². The molecule has 0 fully saturated rings. The maximum absolute atomic E-state index is 10.8. The molecule has 0 heterocycles. The SMILES string of the molecule is C=CC(=O)OCC(O)COc1ccc(C(C)(C)C)cc1.C=CC(=O)OCC(O)COc1ccc(C)cc1. The molecule has 202 valence electrons. The van der Waals surface area contributed by atoms with Gasteiger partial charge in [0.05, 0.1) is 0 Å². The van der Waals surface area contributed by atoms with Crippen molar-refractivity contribution in [1.29, 1.82) is 0 Å². The number of carbonyl (C=O) groups is 2. The molecule has 0 aliphatic carbocycles. The molecule has 0 aromatic heterocycles. The Bertz CT molecular complexity index is 974. The fourth-order valence-corrected chi connectivity index (χ4v) is 2.64. The lowest BCUT2D eigenvalue weighted by molar-refractivity contribution is -0.142. The quantitative estimate of drug-likeness (QED) is 0.324. The molecule has 2 rings (SSSR count). The van der Waals surface area contributed by atoms with E-state index in [0.29, 0.717) is 11.5 Å². The highest BCUT2D eigenvalue weighted by Crippen LogP contribution is 2.24. The molecule has 2 aromatic rings. The van der Waals surface area contributed by atoms with Gasteiger partial charge in [-0.3, -0.25) is 0 Å². The first kappa shape index (κ1) is 31.4. The Balaban J connectivity index is 0.000000375. The highest BCUT2D eigenvalue weighted by atomic mass is 16.6.